The first-order valence-corrected chi connectivity index (χ1v) is 10.9. The van der Waals surface area contributed by atoms with Crippen LogP contribution in [0.25, 0.3) is 32.4 Å². The van der Waals surface area contributed by atoms with Crippen molar-refractivity contribution in [3.63, 3.8) is 0 Å². The molecule has 5 aromatic rings. The van der Waals surface area contributed by atoms with E-state index in [0.717, 1.165) is 31.5 Å². The Morgan fingerprint density at radius 2 is 2.00 bits per heavy atom. The summed E-state index contributed by atoms with van der Waals surface area (Å²) < 4.78 is 5.85. The molecule has 0 aliphatic rings. The molecule has 28 heavy (non-hydrogen) atoms. The zero-order chi connectivity index (χ0) is 19.1. The van der Waals surface area contributed by atoms with Gasteiger partial charge in [-0.3, -0.25) is 4.98 Å². The summed E-state index contributed by atoms with van der Waals surface area (Å²) >= 11 is 4.68. The second kappa shape index (κ2) is 7.08. The second-order valence-corrected chi connectivity index (χ2v) is 9.10. The molecule has 0 unspecified atom stereocenters. The fourth-order valence-corrected chi connectivity index (χ4v) is 5.35. The van der Waals surface area contributed by atoms with Crippen molar-refractivity contribution in [3.05, 3.63) is 52.5 Å². The van der Waals surface area contributed by atoms with Gasteiger partial charge in [-0.1, -0.05) is 6.07 Å². The third kappa shape index (κ3) is 3.11. The average molecular weight is 424 g/mol. The third-order valence-corrected chi connectivity index (χ3v) is 7.03. The monoisotopic (exact) mass is 423 g/mol. The van der Waals surface area contributed by atoms with Crippen molar-refractivity contribution < 1.29 is 4.42 Å². The van der Waals surface area contributed by atoms with Crippen LogP contribution < -0.4 is 0 Å². The van der Waals surface area contributed by atoms with Gasteiger partial charge in [0.15, 0.2) is 5.82 Å². The molecule has 0 aliphatic carbocycles. The van der Waals surface area contributed by atoms with Crippen molar-refractivity contribution in [1.82, 2.24) is 25.1 Å². The summed E-state index contributed by atoms with van der Waals surface area (Å²) in [4.78, 5) is 16.9. The maximum absolute atomic E-state index is 5.85. The molecule has 9 heteroatoms. The van der Waals surface area contributed by atoms with E-state index in [9.17, 15) is 0 Å². The van der Waals surface area contributed by atoms with Gasteiger partial charge in [0.2, 0.25) is 5.89 Å². The molecule has 0 aliphatic heterocycles. The summed E-state index contributed by atoms with van der Waals surface area (Å²) in [6.45, 7) is 4.20. The number of rotatable bonds is 4. The Bertz CT molecular complexity index is 1260. The SMILES string of the molecule is Cc1sc2nc(-c3cccs3)nc(Sc3nnc(-c4cccnc4)o3)c2c1C. The van der Waals surface area contributed by atoms with E-state index in [1.807, 2.05) is 29.6 Å². The molecule has 0 bridgehead atoms. The highest BCUT2D eigenvalue weighted by Gasteiger charge is 2.19. The summed E-state index contributed by atoms with van der Waals surface area (Å²) in [7, 11) is 0. The van der Waals surface area contributed by atoms with Crippen LogP contribution in [0.5, 0.6) is 0 Å². The van der Waals surface area contributed by atoms with E-state index < -0.39 is 0 Å². The first kappa shape index (κ1) is 17.5. The number of thiophene rings is 2. The molecule has 0 atom stereocenters. The Morgan fingerprint density at radius 1 is 1.07 bits per heavy atom. The fraction of sp³-hybridized carbons (Fsp3) is 0.105. The van der Waals surface area contributed by atoms with Gasteiger partial charge >= 0.3 is 0 Å². The predicted molar refractivity (Wildman–Crippen MR) is 112 cm³/mol. The Balaban J connectivity index is 1.59. The fourth-order valence-electron chi connectivity index (χ4n) is 2.74. The van der Waals surface area contributed by atoms with Crippen molar-refractivity contribution in [2.45, 2.75) is 24.1 Å². The Labute approximate surface area is 172 Å². The summed E-state index contributed by atoms with van der Waals surface area (Å²) in [5, 5.41) is 12.7. The minimum absolute atomic E-state index is 0.442. The second-order valence-electron chi connectivity index (χ2n) is 6.01. The molecular weight excluding hydrogens is 410 g/mol. The maximum Gasteiger partial charge on any atom is 0.283 e. The molecule has 5 rings (SSSR count). The van der Waals surface area contributed by atoms with Crippen LogP contribution in [0.1, 0.15) is 10.4 Å². The van der Waals surface area contributed by atoms with Crippen LogP contribution in [0.3, 0.4) is 0 Å². The maximum atomic E-state index is 5.85. The van der Waals surface area contributed by atoms with Crippen LogP contribution in [0.15, 0.2) is 56.7 Å². The van der Waals surface area contributed by atoms with Crippen LogP contribution in [0, 0.1) is 13.8 Å². The van der Waals surface area contributed by atoms with E-state index in [-0.39, 0.29) is 0 Å². The molecule has 138 valence electrons. The Kier molecular flexibility index (Phi) is 4.42. The molecule has 0 fully saturated rings. The van der Waals surface area contributed by atoms with Crippen molar-refractivity contribution in [2.24, 2.45) is 0 Å². The average Bonchev–Trinajstić information content (AvgIpc) is 3.44. The first-order chi connectivity index (χ1) is 13.7. The summed E-state index contributed by atoms with van der Waals surface area (Å²) in [6.07, 6.45) is 3.41. The van der Waals surface area contributed by atoms with Gasteiger partial charge in [0.1, 0.15) is 9.86 Å². The topological polar surface area (TPSA) is 77.6 Å². The standard InChI is InChI=1S/C19H13N5OS3/c1-10-11(2)27-17-14(10)18(22-15(21-17)13-6-4-8-26-13)28-19-24-23-16(25-19)12-5-3-7-20-9-12/h3-9H,1-2H3. The highest BCUT2D eigenvalue weighted by atomic mass is 32.2. The predicted octanol–water partition coefficient (Wildman–Crippen LogP) is 5.63. The minimum Gasteiger partial charge on any atom is -0.411 e. The zero-order valence-electron chi connectivity index (χ0n) is 14.9. The lowest BCUT2D eigenvalue weighted by molar-refractivity contribution is 0.465. The summed E-state index contributed by atoms with van der Waals surface area (Å²) in [5.41, 5.74) is 1.98. The van der Waals surface area contributed by atoms with Crippen LogP contribution in [-0.2, 0) is 0 Å². The lowest BCUT2D eigenvalue weighted by Crippen LogP contribution is -1.91. The van der Waals surface area contributed by atoms with E-state index in [0.29, 0.717) is 11.1 Å². The van der Waals surface area contributed by atoms with Gasteiger partial charge in [-0.15, -0.1) is 32.9 Å². The normalized spacial score (nSPS) is 11.4. The molecule has 5 aromatic heterocycles. The van der Waals surface area contributed by atoms with Gasteiger partial charge < -0.3 is 4.42 Å². The molecule has 0 saturated heterocycles. The van der Waals surface area contributed by atoms with Gasteiger partial charge in [-0.05, 0) is 54.8 Å². The van der Waals surface area contributed by atoms with E-state index in [1.54, 1.807) is 35.1 Å². The number of nitrogens with zero attached hydrogens (tertiary/aromatic N) is 5. The number of pyridine rings is 1. The minimum atomic E-state index is 0.442. The van der Waals surface area contributed by atoms with Crippen LogP contribution in [0.4, 0.5) is 0 Å². The number of hydrogen-bond donors (Lipinski definition) is 0. The lowest BCUT2D eigenvalue weighted by Gasteiger charge is -2.04. The highest BCUT2D eigenvalue weighted by molar-refractivity contribution is 7.99. The van der Waals surface area contributed by atoms with E-state index in [2.05, 4.69) is 29.0 Å². The van der Waals surface area contributed by atoms with E-state index >= 15 is 0 Å². The van der Waals surface area contributed by atoms with Crippen molar-refractivity contribution in [1.29, 1.82) is 0 Å². The Hall–Kier alpha value is -2.62. The third-order valence-electron chi connectivity index (χ3n) is 4.24. The molecule has 0 spiro atoms. The van der Waals surface area contributed by atoms with Gasteiger partial charge in [-0.25, -0.2) is 9.97 Å². The van der Waals surface area contributed by atoms with Crippen molar-refractivity contribution in [3.8, 4) is 22.2 Å². The molecule has 5 heterocycles. The van der Waals surface area contributed by atoms with Crippen molar-refractivity contribution in [2.75, 3.05) is 0 Å². The van der Waals surface area contributed by atoms with Crippen LogP contribution in [0.2, 0.25) is 0 Å². The Morgan fingerprint density at radius 3 is 2.79 bits per heavy atom. The van der Waals surface area contributed by atoms with Crippen molar-refractivity contribution >= 4 is 44.7 Å². The van der Waals surface area contributed by atoms with Gasteiger partial charge in [0, 0.05) is 22.7 Å². The number of hydrogen-bond acceptors (Lipinski definition) is 9. The van der Waals surface area contributed by atoms with Gasteiger partial charge in [-0.2, -0.15) is 0 Å². The summed E-state index contributed by atoms with van der Waals surface area (Å²) in [5.74, 6) is 1.16. The molecule has 0 N–H and O–H groups in total. The smallest absolute Gasteiger partial charge is 0.283 e. The van der Waals surface area contributed by atoms with Gasteiger partial charge in [0.25, 0.3) is 5.22 Å². The highest BCUT2D eigenvalue weighted by Crippen LogP contribution is 2.39. The molecule has 6 nitrogen and oxygen atoms in total. The zero-order valence-corrected chi connectivity index (χ0v) is 17.4. The number of fused-ring (bicyclic) bond motifs is 1. The molecule has 0 radical (unpaired) electrons. The lowest BCUT2D eigenvalue weighted by atomic mass is 10.2. The molecule has 0 aromatic carbocycles. The number of aryl methyl sites for hydroxylation is 2. The number of aromatic nitrogens is 5. The largest absolute Gasteiger partial charge is 0.411 e. The summed E-state index contributed by atoms with van der Waals surface area (Å²) in [6, 6.07) is 7.76. The van der Waals surface area contributed by atoms with Gasteiger partial charge in [0.05, 0.1) is 10.4 Å². The molecule has 0 amide bonds. The van der Waals surface area contributed by atoms with E-state index in [4.69, 9.17) is 14.4 Å². The first-order valence-electron chi connectivity index (χ1n) is 8.42. The molecule has 0 saturated carbocycles. The van der Waals surface area contributed by atoms with E-state index in [1.165, 1.54) is 22.2 Å². The van der Waals surface area contributed by atoms with Crippen LogP contribution >= 0.6 is 34.4 Å². The quantitative estimate of drug-likeness (QED) is 0.346. The van der Waals surface area contributed by atoms with Crippen LogP contribution in [-0.4, -0.2) is 25.1 Å². The molecular formula is C19H13N5OS3.